The second-order valence-electron chi connectivity index (χ2n) is 5.30. The van der Waals surface area contributed by atoms with Gasteiger partial charge in [0.1, 0.15) is 5.82 Å². The van der Waals surface area contributed by atoms with E-state index in [1.807, 2.05) is 0 Å². The van der Waals surface area contributed by atoms with Gasteiger partial charge in [0.05, 0.1) is 19.0 Å². The molecular formula is C15H21FN2O4S. The van der Waals surface area contributed by atoms with Gasteiger partial charge in [-0.3, -0.25) is 4.79 Å². The molecule has 0 bridgehead atoms. The molecule has 0 saturated carbocycles. The Morgan fingerprint density at radius 3 is 2.52 bits per heavy atom. The van der Waals surface area contributed by atoms with E-state index in [1.54, 1.807) is 12.1 Å². The summed E-state index contributed by atoms with van der Waals surface area (Å²) < 4.78 is 43.4. The van der Waals surface area contributed by atoms with Crippen LogP contribution in [0.15, 0.2) is 24.3 Å². The number of benzene rings is 1. The zero-order valence-corrected chi connectivity index (χ0v) is 13.6. The summed E-state index contributed by atoms with van der Waals surface area (Å²) in [5.41, 5.74) is 0.863. The number of hydrogen-bond donors (Lipinski definition) is 1. The van der Waals surface area contributed by atoms with Gasteiger partial charge in [-0.2, -0.15) is 4.31 Å². The average molecular weight is 344 g/mol. The van der Waals surface area contributed by atoms with Crippen LogP contribution in [0.1, 0.15) is 12.0 Å². The molecule has 1 saturated heterocycles. The second-order valence-corrected chi connectivity index (χ2v) is 7.39. The van der Waals surface area contributed by atoms with Crippen molar-refractivity contribution in [3.63, 3.8) is 0 Å². The number of sulfonamides is 1. The van der Waals surface area contributed by atoms with Crippen LogP contribution in [-0.2, 0) is 26.0 Å². The topological polar surface area (TPSA) is 75.7 Å². The van der Waals surface area contributed by atoms with Gasteiger partial charge >= 0.3 is 0 Å². The van der Waals surface area contributed by atoms with Crippen molar-refractivity contribution >= 4 is 15.9 Å². The maximum Gasteiger partial charge on any atom is 0.220 e. The van der Waals surface area contributed by atoms with Gasteiger partial charge in [0.2, 0.25) is 15.9 Å². The van der Waals surface area contributed by atoms with Crippen LogP contribution in [0.5, 0.6) is 0 Å². The van der Waals surface area contributed by atoms with E-state index in [2.05, 4.69) is 5.32 Å². The van der Waals surface area contributed by atoms with E-state index in [-0.39, 0.29) is 30.4 Å². The van der Waals surface area contributed by atoms with Gasteiger partial charge in [0.15, 0.2) is 0 Å². The lowest BCUT2D eigenvalue weighted by Gasteiger charge is -2.26. The first-order valence-corrected chi connectivity index (χ1v) is 9.15. The third-order valence-corrected chi connectivity index (χ3v) is 5.47. The van der Waals surface area contributed by atoms with E-state index in [9.17, 15) is 17.6 Å². The Bertz CT molecular complexity index is 613. The Morgan fingerprint density at radius 1 is 1.22 bits per heavy atom. The molecule has 128 valence electrons. The number of morpholine rings is 1. The smallest absolute Gasteiger partial charge is 0.220 e. The summed E-state index contributed by atoms with van der Waals surface area (Å²) in [5.74, 6) is -0.645. The number of nitrogens with one attached hydrogen (secondary N) is 1. The van der Waals surface area contributed by atoms with Crippen LogP contribution < -0.4 is 5.32 Å². The van der Waals surface area contributed by atoms with Gasteiger partial charge in [-0.25, -0.2) is 12.8 Å². The monoisotopic (exact) mass is 344 g/mol. The maximum absolute atomic E-state index is 12.8. The normalized spacial score (nSPS) is 16.2. The quantitative estimate of drug-likeness (QED) is 0.783. The van der Waals surface area contributed by atoms with E-state index in [4.69, 9.17) is 4.74 Å². The molecule has 1 aliphatic heterocycles. The van der Waals surface area contributed by atoms with E-state index >= 15 is 0 Å². The Labute approximate surface area is 135 Å². The number of carbonyl (C=O) groups is 1. The maximum atomic E-state index is 12.8. The predicted octanol–water partition coefficient (Wildman–Crippen LogP) is 0.537. The van der Waals surface area contributed by atoms with Crippen molar-refractivity contribution in [3.05, 3.63) is 35.6 Å². The zero-order valence-electron chi connectivity index (χ0n) is 12.8. The molecule has 0 atom stereocenters. The first-order valence-electron chi connectivity index (χ1n) is 7.54. The fourth-order valence-electron chi connectivity index (χ4n) is 2.27. The lowest BCUT2D eigenvalue weighted by Crippen LogP contribution is -2.43. The summed E-state index contributed by atoms with van der Waals surface area (Å²) >= 11 is 0. The van der Waals surface area contributed by atoms with Crippen LogP contribution in [0.4, 0.5) is 4.39 Å². The second kappa shape index (κ2) is 8.37. The van der Waals surface area contributed by atoms with E-state index < -0.39 is 10.0 Å². The Balaban J connectivity index is 1.68. The molecule has 0 radical (unpaired) electrons. The summed E-state index contributed by atoms with van der Waals surface area (Å²) in [4.78, 5) is 11.7. The van der Waals surface area contributed by atoms with Crippen molar-refractivity contribution in [1.82, 2.24) is 9.62 Å². The molecule has 0 spiro atoms. The Kier molecular flexibility index (Phi) is 6.49. The highest BCUT2D eigenvalue weighted by Crippen LogP contribution is 2.06. The van der Waals surface area contributed by atoms with Gasteiger partial charge in [-0.1, -0.05) is 12.1 Å². The molecule has 1 amide bonds. The Hall–Kier alpha value is -1.51. The van der Waals surface area contributed by atoms with E-state index in [0.717, 1.165) is 5.56 Å². The summed E-state index contributed by atoms with van der Waals surface area (Å²) in [6.07, 6.45) is 0.728. The molecule has 0 aliphatic carbocycles. The van der Waals surface area contributed by atoms with E-state index in [0.29, 0.717) is 32.7 Å². The fourth-order valence-corrected chi connectivity index (χ4v) is 3.59. The van der Waals surface area contributed by atoms with Gasteiger partial charge in [0, 0.05) is 26.1 Å². The highest BCUT2D eigenvalue weighted by Gasteiger charge is 2.23. The molecule has 23 heavy (non-hydrogen) atoms. The van der Waals surface area contributed by atoms with Gasteiger partial charge in [-0.15, -0.1) is 0 Å². The minimum atomic E-state index is -3.35. The molecule has 0 unspecified atom stereocenters. The van der Waals surface area contributed by atoms with Crippen molar-refractivity contribution in [2.24, 2.45) is 0 Å². The lowest BCUT2D eigenvalue weighted by molar-refractivity contribution is -0.120. The first kappa shape index (κ1) is 17.8. The summed E-state index contributed by atoms with van der Waals surface area (Å²) in [7, 11) is -3.35. The molecule has 1 heterocycles. The van der Waals surface area contributed by atoms with Crippen molar-refractivity contribution in [3.8, 4) is 0 Å². The molecule has 1 aromatic carbocycles. The van der Waals surface area contributed by atoms with Gasteiger partial charge in [0.25, 0.3) is 0 Å². The standard InChI is InChI=1S/C15H21FN2O4S/c16-14-4-1-13(2-5-14)3-6-15(19)17-7-12-23(20,21)18-8-10-22-11-9-18/h1-2,4-5H,3,6-12H2,(H,17,19). The molecule has 0 aromatic heterocycles. The van der Waals surface area contributed by atoms with Gasteiger partial charge < -0.3 is 10.1 Å². The molecule has 2 rings (SSSR count). The predicted molar refractivity (Wildman–Crippen MR) is 83.9 cm³/mol. The van der Waals surface area contributed by atoms with Crippen LogP contribution in [0.3, 0.4) is 0 Å². The SMILES string of the molecule is O=C(CCc1ccc(F)cc1)NCCS(=O)(=O)N1CCOCC1. The van der Waals surface area contributed by atoms with Crippen LogP contribution in [0.2, 0.25) is 0 Å². The molecule has 1 fully saturated rings. The number of amides is 1. The molecule has 6 nitrogen and oxygen atoms in total. The third kappa shape index (κ3) is 5.89. The highest BCUT2D eigenvalue weighted by molar-refractivity contribution is 7.89. The minimum absolute atomic E-state index is 0.0853. The van der Waals surface area contributed by atoms with Crippen LogP contribution in [-0.4, -0.2) is 57.2 Å². The van der Waals surface area contributed by atoms with Crippen molar-refractivity contribution in [2.75, 3.05) is 38.6 Å². The van der Waals surface area contributed by atoms with Crippen LogP contribution in [0, 0.1) is 5.82 Å². The summed E-state index contributed by atoms with van der Waals surface area (Å²) in [5, 5.41) is 2.61. The fraction of sp³-hybridized carbons (Fsp3) is 0.533. The molecule has 1 aromatic rings. The van der Waals surface area contributed by atoms with Crippen LogP contribution in [0.25, 0.3) is 0 Å². The summed E-state index contributed by atoms with van der Waals surface area (Å²) in [6, 6.07) is 5.96. The van der Waals surface area contributed by atoms with E-state index in [1.165, 1.54) is 16.4 Å². The molecule has 1 N–H and O–H groups in total. The minimum Gasteiger partial charge on any atom is -0.379 e. The number of hydrogen-bond acceptors (Lipinski definition) is 4. The number of rotatable bonds is 7. The summed E-state index contributed by atoms with van der Waals surface area (Å²) in [6.45, 7) is 1.62. The number of nitrogens with zero attached hydrogens (tertiary/aromatic N) is 1. The average Bonchev–Trinajstić information content (AvgIpc) is 2.55. The first-order chi connectivity index (χ1) is 11.0. The van der Waals surface area contributed by atoms with Crippen LogP contribution >= 0.6 is 0 Å². The molecule has 1 aliphatic rings. The molecular weight excluding hydrogens is 323 g/mol. The zero-order chi connectivity index (χ0) is 16.7. The number of ether oxygens (including phenoxy) is 1. The third-order valence-electron chi connectivity index (χ3n) is 3.60. The van der Waals surface area contributed by atoms with Gasteiger partial charge in [-0.05, 0) is 24.1 Å². The highest BCUT2D eigenvalue weighted by atomic mass is 32.2. The van der Waals surface area contributed by atoms with Crippen molar-refractivity contribution in [1.29, 1.82) is 0 Å². The Morgan fingerprint density at radius 2 is 1.87 bits per heavy atom. The van der Waals surface area contributed by atoms with Crippen molar-refractivity contribution < 1.29 is 22.3 Å². The number of halogens is 1. The number of carbonyl (C=O) groups excluding carboxylic acids is 1. The van der Waals surface area contributed by atoms with Crippen molar-refractivity contribution in [2.45, 2.75) is 12.8 Å². The number of aryl methyl sites for hydroxylation is 1. The largest absolute Gasteiger partial charge is 0.379 e. The molecule has 8 heteroatoms. The lowest BCUT2D eigenvalue weighted by atomic mass is 10.1.